The Kier molecular flexibility index (Phi) is 5.15. The summed E-state index contributed by atoms with van der Waals surface area (Å²) in [5.74, 6) is 1.01. The predicted molar refractivity (Wildman–Crippen MR) is 120 cm³/mol. The molecular formula is C23H21FN6S. The van der Waals surface area contributed by atoms with Crippen molar-refractivity contribution >= 4 is 28.3 Å². The molecule has 0 aliphatic heterocycles. The van der Waals surface area contributed by atoms with Crippen LogP contribution in [0, 0.1) is 19.7 Å². The second-order valence-electron chi connectivity index (χ2n) is 7.47. The van der Waals surface area contributed by atoms with Gasteiger partial charge >= 0.3 is 0 Å². The van der Waals surface area contributed by atoms with Crippen molar-refractivity contribution in [2.75, 3.05) is 0 Å². The van der Waals surface area contributed by atoms with Gasteiger partial charge in [-0.1, -0.05) is 42.1 Å². The van der Waals surface area contributed by atoms with Crippen LogP contribution in [0.1, 0.15) is 28.3 Å². The molecule has 0 unspecified atom stereocenters. The third-order valence-corrected chi connectivity index (χ3v) is 6.36. The molecule has 0 aliphatic rings. The van der Waals surface area contributed by atoms with Gasteiger partial charge in [-0.15, -0.1) is 5.10 Å². The SMILES string of the molecule is Cc1n[nH]c(C)c1CCc1nc2c3ccccc3nc(SCc3ccccc3F)n2n1. The zero-order valence-electron chi connectivity index (χ0n) is 17.3. The van der Waals surface area contributed by atoms with E-state index in [4.69, 9.17) is 15.1 Å². The van der Waals surface area contributed by atoms with Crippen LogP contribution in [0.3, 0.4) is 0 Å². The number of fused-ring (bicyclic) bond motifs is 3. The van der Waals surface area contributed by atoms with Crippen molar-refractivity contribution in [3.05, 3.63) is 82.7 Å². The molecule has 5 aromatic rings. The molecule has 0 amide bonds. The summed E-state index contributed by atoms with van der Waals surface area (Å²) >= 11 is 1.46. The minimum atomic E-state index is -0.211. The fourth-order valence-electron chi connectivity index (χ4n) is 3.71. The molecule has 3 heterocycles. The maximum absolute atomic E-state index is 14.1. The van der Waals surface area contributed by atoms with E-state index in [9.17, 15) is 4.39 Å². The van der Waals surface area contributed by atoms with Crippen LogP contribution in [0.2, 0.25) is 0 Å². The lowest BCUT2D eigenvalue weighted by Crippen LogP contribution is -2.00. The first-order valence-corrected chi connectivity index (χ1v) is 11.1. The van der Waals surface area contributed by atoms with Crippen LogP contribution < -0.4 is 0 Å². The number of hydrogen-bond donors (Lipinski definition) is 1. The fourth-order valence-corrected chi connectivity index (χ4v) is 4.64. The van der Waals surface area contributed by atoms with Gasteiger partial charge in [-0.3, -0.25) is 5.10 Å². The van der Waals surface area contributed by atoms with Gasteiger partial charge in [-0.25, -0.2) is 14.4 Å². The van der Waals surface area contributed by atoms with E-state index in [1.54, 1.807) is 16.6 Å². The number of rotatable bonds is 6. The third-order valence-electron chi connectivity index (χ3n) is 5.39. The summed E-state index contributed by atoms with van der Waals surface area (Å²) < 4.78 is 15.9. The topological polar surface area (TPSA) is 71.8 Å². The first-order chi connectivity index (χ1) is 15.1. The molecule has 3 aromatic heterocycles. The molecule has 0 aliphatic carbocycles. The number of aryl methyl sites for hydroxylation is 3. The Hall–Kier alpha value is -3.26. The van der Waals surface area contributed by atoms with E-state index < -0.39 is 0 Å². The van der Waals surface area contributed by atoms with Gasteiger partial charge in [-0.2, -0.15) is 9.61 Å². The molecule has 8 heteroatoms. The summed E-state index contributed by atoms with van der Waals surface area (Å²) in [5, 5.41) is 13.7. The maximum atomic E-state index is 14.1. The molecule has 0 radical (unpaired) electrons. The number of hydrogen-bond acceptors (Lipinski definition) is 5. The number of aromatic nitrogens is 6. The Morgan fingerprint density at radius 2 is 1.81 bits per heavy atom. The van der Waals surface area contributed by atoms with Crippen LogP contribution >= 0.6 is 11.8 Å². The lowest BCUT2D eigenvalue weighted by molar-refractivity contribution is 0.617. The molecule has 1 N–H and O–H groups in total. The van der Waals surface area contributed by atoms with Crippen LogP contribution in [0.4, 0.5) is 4.39 Å². The van der Waals surface area contributed by atoms with Crippen molar-refractivity contribution in [3.8, 4) is 0 Å². The molecule has 6 nitrogen and oxygen atoms in total. The van der Waals surface area contributed by atoms with E-state index in [1.807, 2.05) is 44.2 Å². The molecule has 2 aromatic carbocycles. The molecule has 156 valence electrons. The number of halogens is 1. The predicted octanol–water partition coefficient (Wildman–Crippen LogP) is 4.83. The Labute approximate surface area is 182 Å². The van der Waals surface area contributed by atoms with Crippen LogP contribution in [0.15, 0.2) is 53.7 Å². The molecule has 0 fully saturated rings. The normalized spacial score (nSPS) is 11.6. The van der Waals surface area contributed by atoms with E-state index in [0.717, 1.165) is 40.2 Å². The maximum Gasteiger partial charge on any atom is 0.191 e. The van der Waals surface area contributed by atoms with Gasteiger partial charge in [0.25, 0.3) is 0 Å². The number of H-pyrrole nitrogens is 1. The van der Waals surface area contributed by atoms with E-state index in [-0.39, 0.29) is 5.82 Å². The van der Waals surface area contributed by atoms with Crippen LogP contribution in [-0.2, 0) is 18.6 Å². The van der Waals surface area contributed by atoms with E-state index in [0.29, 0.717) is 22.9 Å². The number of nitrogens with one attached hydrogen (secondary N) is 1. The first-order valence-electron chi connectivity index (χ1n) is 10.1. The fraction of sp³-hybridized carbons (Fsp3) is 0.217. The first kappa shape index (κ1) is 19.7. The molecule has 0 atom stereocenters. The Morgan fingerprint density at radius 3 is 2.61 bits per heavy atom. The summed E-state index contributed by atoms with van der Waals surface area (Å²) in [7, 11) is 0. The highest BCUT2D eigenvalue weighted by Crippen LogP contribution is 2.27. The van der Waals surface area contributed by atoms with Crippen molar-refractivity contribution in [2.45, 2.75) is 37.6 Å². The molecule has 0 spiro atoms. The van der Waals surface area contributed by atoms with Gasteiger partial charge in [0.15, 0.2) is 16.6 Å². The lowest BCUT2D eigenvalue weighted by atomic mass is 10.1. The van der Waals surface area contributed by atoms with E-state index >= 15 is 0 Å². The quantitative estimate of drug-likeness (QED) is 0.307. The summed E-state index contributed by atoms with van der Waals surface area (Å²) in [6.45, 7) is 4.03. The van der Waals surface area contributed by atoms with Crippen molar-refractivity contribution in [2.24, 2.45) is 0 Å². The van der Waals surface area contributed by atoms with Crippen molar-refractivity contribution < 1.29 is 4.39 Å². The largest absolute Gasteiger partial charge is 0.282 e. The van der Waals surface area contributed by atoms with Crippen molar-refractivity contribution in [1.82, 2.24) is 29.8 Å². The highest BCUT2D eigenvalue weighted by atomic mass is 32.2. The number of thioether (sulfide) groups is 1. The minimum absolute atomic E-state index is 0.211. The highest BCUT2D eigenvalue weighted by molar-refractivity contribution is 7.98. The minimum Gasteiger partial charge on any atom is -0.282 e. The Morgan fingerprint density at radius 1 is 1.00 bits per heavy atom. The molecule has 0 saturated carbocycles. The van der Waals surface area contributed by atoms with Gasteiger partial charge in [0.1, 0.15) is 5.82 Å². The molecule has 31 heavy (non-hydrogen) atoms. The number of para-hydroxylation sites is 1. The van der Waals surface area contributed by atoms with Crippen LogP contribution in [0.25, 0.3) is 16.6 Å². The smallest absolute Gasteiger partial charge is 0.191 e. The van der Waals surface area contributed by atoms with Crippen molar-refractivity contribution in [3.63, 3.8) is 0 Å². The molecule has 0 saturated heterocycles. The number of benzene rings is 2. The standard InChI is InChI=1S/C23H21FN6S/c1-14-17(15(2)28-27-14)11-12-21-26-22-18-8-4-6-10-20(18)25-23(30(22)29-21)31-13-16-7-3-5-9-19(16)24/h3-10H,11-13H2,1-2H3,(H,27,28). The van der Waals surface area contributed by atoms with Gasteiger partial charge in [0, 0.05) is 23.3 Å². The summed E-state index contributed by atoms with van der Waals surface area (Å²) in [4.78, 5) is 9.61. The zero-order valence-corrected chi connectivity index (χ0v) is 18.1. The van der Waals surface area contributed by atoms with Crippen LogP contribution in [0.5, 0.6) is 0 Å². The highest BCUT2D eigenvalue weighted by Gasteiger charge is 2.15. The zero-order chi connectivity index (χ0) is 21.4. The molecule has 0 bridgehead atoms. The summed E-state index contributed by atoms with van der Waals surface area (Å²) in [5.41, 5.74) is 5.56. The lowest BCUT2D eigenvalue weighted by Gasteiger charge is -2.06. The number of nitrogens with zero attached hydrogens (tertiary/aromatic N) is 5. The Balaban J connectivity index is 1.51. The Bertz CT molecular complexity index is 1370. The third kappa shape index (κ3) is 3.79. The molecular weight excluding hydrogens is 411 g/mol. The second kappa shape index (κ2) is 8.11. The average molecular weight is 433 g/mol. The summed E-state index contributed by atoms with van der Waals surface area (Å²) in [6.07, 6.45) is 1.52. The van der Waals surface area contributed by atoms with Gasteiger partial charge < -0.3 is 0 Å². The van der Waals surface area contributed by atoms with Crippen molar-refractivity contribution in [1.29, 1.82) is 0 Å². The van der Waals surface area contributed by atoms with Gasteiger partial charge in [0.2, 0.25) is 0 Å². The summed E-state index contributed by atoms with van der Waals surface area (Å²) in [6, 6.07) is 14.7. The van der Waals surface area contributed by atoms with Gasteiger partial charge in [-0.05, 0) is 49.6 Å². The van der Waals surface area contributed by atoms with Crippen LogP contribution in [-0.4, -0.2) is 29.8 Å². The monoisotopic (exact) mass is 432 g/mol. The second-order valence-corrected chi connectivity index (χ2v) is 8.41. The molecule has 5 rings (SSSR count). The van der Waals surface area contributed by atoms with Gasteiger partial charge in [0.05, 0.1) is 11.2 Å². The van der Waals surface area contributed by atoms with E-state index in [2.05, 4.69) is 10.2 Å². The van der Waals surface area contributed by atoms with E-state index in [1.165, 1.54) is 23.4 Å². The average Bonchev–Trinajstić information content (AvgIpc) is 3.35. The number of aromatic amines is 1.